The number of aryl methyl sites for hydroxylation is 2. The van der Waals surface area contributed by atoms with Crippen molar-refractivity contribution in [2.24, 2.45) is 0 Å². The molecule has 3 heteroatoms. The van der Waals surface area contributed by atoms with Crippen LogP contribution in [-0.2, 0) is 10.2 Å². The predicted molar refractivity (Wildman–Crippen MR) is 66.2 cm³/mol. The Bertz CT molecular complexity index is 400. The van der Waals surface area contributed by atoms with Crippen molar-refractivity contribution >= 4 is 17.3 Å². The van der Waals surface area contributed by atoms with Gasteiger partial charge in [-0.15, -0.1) is 11.3 Å². The van der Waals surface area contributed by atoms with Crippen LogP contribution in [-0.4, -0.2) is 11.1 Å². The van der Waals surface area contributed by atoms with E-state index in [4.69, 9.17) is 0 Å². The number of hydrogen-bond donors (Lipinski definition) is 1. The number of carbonyl (C=O) groups is 1. The first-order valence-corrected chi connectivity index (χ1v) is 6.69. The van der Waals surface area contributed by atoms with E-state index in [0.717, 1.165) is 31.2 Å². The number of carboxylic acid groups (broad SMARTS) is 1. The molecule has 1 aliphatic carbocycles. The Kier molecular flexibility index (Phi) is 3.06. The van der Waals surface area contributed by atoms with Crippen LogP contribution in [0.1, 0.15) is 47.4 Å². The summed E-state index contributed by atoms with van der Waals surface area (Å²) in [6.45, 7) is 4.10. The standard InChI is InChI=1S/C13H18O2S/c1-9-8-11(10(2)16-9)13(12(14)15)6-4-3-5-7-13/h8H,3-7H2,1-2H3,(H,14,15). The first kappa shape index (κ1) is 11.6. The largest absolute Gasteiger partial charge is 0.481 e. The molecule has 0 bridgehead atoms. The van der Waals surface area contributed by atoms with E-state index < -0.39 is 11.4 Å². The van der Waals surface area contributed by atoms with E-state index in [1.807, 2.05) is 6.92 Å². The molecular weight excluding hydrogens is 220 g/mol. The van der Waals surface area contributed by atoms with E-state index in [-0.39, 0.29) is 0 Å². The van der Waals surface area contributed by atoms with Crippen molar-refractivity contribution in [2.75, 3.05) is 0 Å². The van der Waals surface area contributed by atoms with Gasteiger partial charge in [-0.2, -0.15) is 0 Å². The summed E-state index contributed by atoms with van der Waals surface area (Å²) in [5.74, 6) is -0.631. The minimum Gasteiger partial charge on any atom is -0.481 e. The molecule has 2 rings (SSSR count). The van der Waals surface area contributed by atoms with E-state index in [1.165, 1.54) is 16.2 Å². The molecule has 2 nitrogen and oxygen atoms in total. The van der Waals surface area contributed by atoms with Gasteiger partial charge in [0.15, 0.2) is 0 Å². The van der Waals surface area contributed by atoms with Crippen molar-refractivity contribution in [2.45, 2.75) is 51.4 Å². The maximum Gasteiger partial charge on any atom is 0.314 e. The summed E-state index contributed by atoms with van der Waals surface area (Å²) in [6, 6.07) is 2.08. The number of thiophene rings is 1. The first-order chi connectivity index (χ1) is 7.56. The normalized spacial score (nSPS) is 19.6. The molecule has 1 aromatic heterocycles. The molecule has 16 heavy (non-hydrogen) atoms. The lowest BCUT2D eigenvalue weighted by molar-refractivity contribution is -0.145. The van der Waals surface area contributed by atoms with Gasteiger partial charge in [-0.1, -0.05) is 19.3 Å². The molecule has 1 heterocycles. The fourth-order valence-electron chi connectivity index (χ4n) is 2.86. The topological polar surface area (TPSA) is 37.3 Å². The number of hydrogen-bond acceptors (Lipinski definition) is 2. The Hall–Kier alpha value is -0.830. The minimum atomic E-state index is -0.631. The highest BCUT2D eigenvalue weighted by atomic mass is 32.1. The van der Waals surface area contributed by atoms with Gasteiger partial charge in [0.2, 0.25) is 0 Å². The zero-order chi connectivity index (χ0) is 11.8. The molecule has 0 saturated heterocycles. The first-order valence-electron chi connectivity index (χ1n) is 5.87. The highest BCUT2D eigenvalue weighted by Gasteiger charge is 2.42. The zero-order valence-corrected chi connectivity index (χ0v) is 10.7. The molecule has 0 spiro atoms. The Morgan fingerprint density at radius 1 is 1.31 bits per heavy atom. The molecule has 1 N–H and O–H groups in total. The van der Waals surface area contributed by atoms with Gasteiger partial charge in [-0.25, -0.2) is 0 Å². The van der Waals surface area contributed by atoms with Crippen LogP contribution in [0.3, 0.4) is 0 Å². The van der Waals surface area contributed by atoms with Crippen LogP contribution in [0.2, 0.25) is 0 Å². The van der Waals surface area contributed by atoms with E-state index in [9.17, 15) is 9.90 Å². The van der Waals surface area contributed by atoms with Crippen molar-refractivity contribution in [1.82, 2.24) is 0 Å². The average Bonchev–Trinajstić information content (AvgIpc) is 2.59. The molecule has 0 radical (unpaired) electrons. The van der Waals surface area contributed by atoms with E-state index in [2.05, 4.69) is 13.0 Å². The van der Waals surface area contributed by atoms with E-state index in [0.29, 0.717) is 0 Å². The third kappa shape index (κ3) is 1.77. The van der Waals surface area contributed by atoms with Crippen LogP contribution >= 0.6 is 11.3 Å². The molecule has 0 atom stereocenters. The Labute approximate surface area is 100 Å². The van der Waals surface area contributed by atoms with E-state index in [1.54, 1.807) is 11.3 Å². The summed E-state index contributed by atoms with van der Waals surface area (Å²) >= 11 is 1.72. The van der Waals surface area contributed by atoms with Crippen LogP contribution < -0.4 is 0 Å². The van der Waals surface area contributed by atoms with Crippen molar-refractivity contribution in [3.05, 3.63) is 21.4 Å². The third-order valence-electron chi connectivity index (χ3n) is 3.67. The Morgan fingerprint density at radius 2 is 1.94 bits per heavy atom. The van der Waals surface area contributed by atoms with Crippen molar-refractivity contribution in [1.29, 1.82) is 0 Å². The average molecular weight is 238 g/mol. The molecule has 88 valence electrons. The molecule has 0 amide bonds. The van der Waals surface area contributed by atoms with Crippen molar-refractivity contribution in [3.8, 4) is 0 Å². The van der Waals surface area contributed by atoms with E-state index >= 15 is 0 Å². The Balaban J connectivity index is 2.46. The summed E-state index contributed by atoms with van der Waals surface area (Å²) in [7, 11) is 0. The maximum absolute atomic E-state index is 11.6. The van der Waals surface area contributed by atoms with Gasteiger partial charge in [0.1, 0.15) is 0 Å². The van der Waals surface area contributed by atoms with Gasteiger partial charge in [-0.05, 0) is 38.3 Å². The quantitative estimate of drug-likeness (QED) is 0.854. The minimum absolute atomic E-state index is 0.590. The van der Waals surface area contributed by atoms with Crippen LogP contribution in [0.4, 0.5) is 0 Å². The second-order valence-corrected chi connectivity index (χ2v) is 6.24. The fourth-order valence-corrected chi connectivity index (χ4v) is 3.88. The predicted octanol–water partition coefficient (Wildman–Crippen LogP) is 3.65. The fraction of sp³-hybridized carbons (Fsp3) is 0.615. The van der Waals surface area contributed by atoms with Crippen LogP contribution in [0.15, 0.2) is 6.07 Å². The lowest BCUT2D eigenvalue weighted by Gasteiger charge is -2.33. The lowest BCUT2D eigenvalue weighted by atomic mass is 9.69. The maximum atomic E-state index is 11.6. The third-order valence-corrected chi connectivity index (χ3v) is 4.64. The molecule has 0 unspecified atom stereocenters. The Morgan fingerprint density at radius 3 is 2.38 bits per heavy atom. The van der Waals surface area contributed by atoms with Gasteiger partial charge in [0.25, 0.3) is 0 Å². The van der Waals surface area contributed by atoms with Crippen molar-refractivity contribution in [3.63, 3.8) is 0 Å². The molecule has 1 aliphatic rings. The summed E-state index contributed by atoms with van der Waals surface area (Å²) in [4.78, 5) is 14.0. The molecule has 1 saturated carbocycles. The highest BCUT2D eigenvalue weighted by molar-refractivity contribution is 7.12. The SMILES string of the molecule is Cc1cc(C2(C(=O)O)CCCCC2)c(C)s1. The van der Waals surface area contributed by atoms with Crippen LogP contribution in [0, 0.1) is 13.8 Å². The molecule has 1 aromatic rings. The molecule has 0 aliphatic heterocycles. The second kappa shape index (κ2) is 4.21. The smallest absolute Gasteiger partial charge is 0.314 e. The summed E-state index contributed by atoms with van der Waals surface area (Å²) in [6.07, 6.45) is 4.87. The molecular formula is C13H18O2S. The van der Waals surface area contributed by atoms with Gasteiger partial charge < -0.3 is 5.11 Å². The van der Waals surface area contributed by atoms with Crippen LogP contribution in [0.5, 0.6) is 0 Å². The lowest BCUT2D eigenvalue weighted by Crippen LogP contribution is -2.38. The number of rotatable bonds is 2. The van der Waals surface area contributed by atoms with Gasteiger partial charge in [-0.3, -0.25) is 4.79 Å². The highest BCUT2D eigenvalue weighted by Crippen LogP contribution is 2.43. The number of aliphatic carboxylic acids is 1. The summed E-state index contributed by atoms with van der Waals surface area (Å²) < 4.78 is 0. The summed E-state index contributed by atoms with van der Waals surface area (Å²) in [5, 5.41) is 9.58. The zero-order valence-electron chi connectivity index (χ0n) is 9.88. The van der Waals surface area contributed by atoms with Gasteiger partial charge >= 0.3 is 5.97 Å². The van der Waals surface area contributed by atoms with Crippen LogP contribution in [0.25, 0.3) is 0 Å². The molecule has 0 aromatic carbocycles. The van der Waals surface area contributed by atoms with Crippen molar-refractivity contribution < 1.29 is 9.90 Å². The monoisotopic (exact) mass is 238 g/mol. The second-order valence-electron chi connectivity index (χ2n) is 4.77. The van der Waals surface area contributed by atoms with Gasteiger partial charge in [0.05, 0.1) is 5.41 Å². The number of carboxylic acids is 1. The molecule has 1 fully saturated rings. The summed E-state index contributed by atoms with van der Waals surface area (Å²) in [5.41, 5.74) is 0.481. The van der Waals surface area contributed by atoms with Gasteiger partial charge in [0, 0.05) is 9.75 Å².